The van der Waals surface area contributed by atoms with Crippen LogP contribution in [0.4, 0.5) is 5.69 Å². The van der Waals surface area contributed by atoms with E-state index < -0.39 is 10.0 Å². The van der Waals surface area contributed by atoms with E-state index in [4.69, 9.17) is 5.73 Å². The largest absolute Gasteiger partial charge is 0.399 e. The average Bonchev–Trinajstić information content (AvgIpc) is 2.31. The molecule has 3 N–H and O–H groups in total. The molecule has 0 aliphatic rings. The van der Waals surface area contributed by atoms with Crippen molar-refractivity contribution in [3.05, 3.63) is 29.8 Å². The number of nitrogen functional groups attached to an aromatic ring is 1. The minimum atomic E-state index is -3.29. The second-order valence-corrected chi connectivity index (χ2v) is 6.78. The summed E-state index contributed by atoms with van der Waals surface area (Å²) in [4.78, 5) is 2.09. The summed E-state index contributed by atoms with van der Waals surface area (Å²) >= 11 is 0. The molecule has 19 heavy (non-hydrogen) atoms. The molecule has 6 heteroatoms. The molecule has 0 atom stereocenters. The molecule has 1 aromatic carbocycles. The van der Waals surface area contributed by atoms with Crippen LogP contribution in [-0.4, -0.2) is 39.5 Å². The maximum absolute atomic E-state index is 11.9. The van der Waals surface area contributed by atoms with Crippen molar-refractivity contribution >= 4 is 15.7 Å². The topological polar surface area (TPSA) is 75.4 Å². The molecule has 0 saturated carbocycles. The summed E-state index contributed by atoms with van der Waals surface area (Å²) in [5.41, 5.74) is 6.93. The zero-order chi connectivity index (χ0) is 14.5. The third-order valence-electron chi connectivity index (χ3n) is 3.00. The highest BCUT2D eigenvalue weighted by Crippen LogP contribution is 2.08. The maximum Gasteiger partial charge on any atom is 0.215 e. The van der Waals surface area contributed by atoms with Crippen molar-refractivity contribution < 1.29 is 8.42 Å². The van der Waals surface area contributed by atoms with Crippen LogP contribution in [-0.2, 0) is 15.8 Å². The Labute approximate surface area is 115 Å². The van der Waals surface area contributed by atoms with Gasteiger partial charge in [0.15, 0.2) is 0 Å². The summed E-state index contributed by atoms with van der Waals surface area (Å²) in [6.45, 7) is 5.26. The fourth-order valence-corrected chi connectivity index (χ4v) is 2.66. The third kappa shape index (κ3) is 6.04. The van der Waals surface area contributed by atoms with Gasteiger partial charge in [0.25, 0.3) is 0 Å². The zero-order valence-electron chi connectivity index (χ0n) is 11.8. The van der Waals surface area contributed by atoms with Crippen LogP contribution < -0.4 is 10.5 Å². The molecule has 0 aromatic heterocycles. The predicted molar refractivity (Wildman–Crippen MR) is 79.2 cm³/mol. The van der Waals surface area contributed by atoms with Gasteiger partial charge >= 0.3 is 0 Å². The van der Waals surface area contributed by atoms with Gasteiger partial charge in [0.05, 0.1) is 5.75 Å². The molecule has 108 valence electrons. The van der Waals surface area contributed by atoms with Crippen LogP contribution in [0.5, 0.6) is 0 Å². The van der Waals surface area contributed by atoms with Gasteiger partial charge in [-0.25, -0.2) is 13.1 Å². The van der Waals surface area contributed by atoms with Crippen LogP contribution in [0.25, 0.3) is 0 Å². The van der Waals surface area contributed by atoms with E-state index in [9.17, 15) is 8.42 Å². The second kappa shape index (κ2) is 6.88. The highest BCUT2D eigenvalue weighted by atomic mass is 32.2. The van der Waals surface area contributed by atoms with Gasteiger partial charge in [0, 0.05) is 24.8 Å². The Morgan fingerprint density at radius 1 is 1.26 bits per heavy atom. The first kappa shape index (κ1) is 15.9. The van der Waals surface area contributed by atoms with E-state index in [1.807, 2.05) is 7.05 Å². The highest BCUT2D eigenvalue weighted by Gasteiger charge is 2.11. The number of sulfonamides is 1. The number of nitrogens with zero attached hydrogens (tertiary/aromatic N) is 1. The van der Waals surface area contributed by atoms with Gasteiger partial charge in [0.2, 0.25) is 10.0 Å². The number of benzene rings is 1. The molecule has 0 bridgehead atoms. The molecule has 0 fully saturated rings. The first-order valence-electron chi connectivity index (χ1n) is 6.32. The summed E-state index contributed by atoms with van der Waals surface area (Å²) in [5, 5.41) is 0. The standard InChI is InChI=1S/C13H23N3O2S/c1-11(2)16(3)9-8-15-19(17,18)10-12-4-6-13(14)7-5-12/h4-7,11,15H,8-10,14H2,1-3H3. The van der Waals surface area contributed by atoms with Crippen molar-refractivity contribution in [1.82, 2.24) is 9.62 Å². The normalized spacial score (nSPS) is 12.3. The number of likely N-dealkylation sites (N-methyl/N-ethyl adjacent to an activating group) is 1. The summed E-state index contributed by atoms with van der Waals surface area (Å²) < 4.78 is 26.4. The summed E-state index contributed by atoms with van der Waals surface area (Å²) in [6, 6.07) is 7.28. The molecule has 0 heterocycles. The van der Waals surface area contributed by atoms with E-state index >= 15 is 0 Å². The van der Waals surface area contributed by atoms with E-state index in [0.29, 0.717) is 24.8 Å². The Hall–Kier alpha value is -1.11. The smallest absolute Gasteiger partial charge is 0.215 e. The molecular formula is C13H23N3O2S. The van der Waals surface area contributed by atoms with Crippen LogP contribution >= 0.6 is 0 Å². The third-order valence-corrected chi connectivity index (χ3v) is 4.36. The van der Waals surface area contributed by atoms with E-state index in [1.165, 1.54) is 0 Å². The van der Waals surface area contributed by atoms with Crippen LogP contribution in [0.1, 0.15) is 19.4 Å². The number of nitrogens with one attached hydrogen (secondary N) is 1. The Morgan fingerprint density at radius 3 is 2.37 bits per heavy atom. The van der Waals surface area contributed by atoms with Gasteiger partial charge in [-0.05, 0) is 38.6 Å². The average molecular weight is 285 g/mol. The van der Waals surface area contributed by atoms with E-state index in [0.717, 1.165) is 5.56 Å². The molecule has 0 aliphatic heterocycles. The van der Waals surface area contributed by atoms with Gasteiger partial charge in [0.1, 0.15) is 0 Å². The molecule has 5 nitrogen and oxygen atoms in total. The van der Waals surface area contributed by atoms with Crippen molar-refractivity contribution in [2.75, 3.05) is 25.9 Å². The van der Waals surface area contributed by atoms with Crippen molar-refractivity contribution in [1.29, 1.82) is 0 Å². The SMILES string of the molecule is CC(C)N(C)CCNS(=O)(=O)Cc1ccc(N)cc1. The van der Waals surface area contributed by atoms with Gasteiger partial charge in [-0.15, -0.1) is 0 Å². The van der Waals surface area contributed by atoms with Crippen molar-refractivity contribution in [3.63, 3.8) is 0 Å². The molecule has 0 spiro atoms. The molecule has 1 rings (SSSR count). The fraction of sp³-hybridized carbons (Fsp3) is 0.538. The lowest BCUT2D eigenvalue weighted by atomic mass is 10.2. The van der Waals surface area contributed by atoms with Crippen LogP contribution in [0.3, 0.4) is 0 Å². The number of hydrogen-bond donors (Lipinski definition) is 2. The monoisotopic (exact) mass is 285 g/mol. The van der Waals surface area contributed by atoms with Crippen LogP contribution in [0.15, 0.2) is 24.3 Å². The number of hydrogen-bond acceptors (Lipinski definition) is 4. The molecule has 0 amide bonds. The summed E-state index contributed by atoms with van der Waals surface area (Å²) in [7, 11) is -1.32. The minimum absolute atomic E-state index is 0.0152. The lowest BCUT2D eigenvalue weighted by Gasteiger charge is -2.20. The predicted octanol–water partition coefficient (Wildman–Crippen LogP) is 1.03. The first-order chi connectivity index (χ1) is 8.80. The molecule has 0 radical (unpaired) electrons. The van der Waals surface area contributed by atoms with Crippen LogP contribution in [0.2, 0.25) is 0 Å². The minimum Gasteiger partial charge on any atom is -0.399 e. The summed E-state index contributed by atoms with van der Waals surface area (Å²) in [5.74, 6) is -0.0152. The highest BCUT2D eigenvalue weighted by molar-refractivity contribution is 7.88. The van der Waals surface area contributed by atoms with Gasteiger partial charge < -0.3 is 10.6 Å². The van der Waals surface area contributed by atoms with Crippen LogP contribution in [0, 0.1) is 0 Å². The molecular weight excluding hydrogens is 262 g/mol. The number of nitrogens with two attached hydrogens (primary N) is 1. The summed E-state index contributed by atoms with van der Waals surface area (Å²) in [6.07, 6.45) is 0. The quantitative estimate of drug-likeness (QED) is 0.734. The van der Waals surface area contributed by atoms with Gasteiger partial charge in [-0.1, -0.05) is 12.1 Å². The first-order valence-corrected chi connectivity index (χ1v) is 7.97. The number of anilines is 1. The molecule has 0 aliphatic carbocycles. The Morgan fingerprint density at radius 2 is 1.84 bits per heavy atom. The lowest BCUT2D eigenvalue weighted by Crippen LogP contribution is -2.36. The molecule has 1 aromatic rings. The molecule has 0 unspecified atom stereocenters. The molecule has 0 saturated heterocycles. The van der Waals surface area contributed by atoms with E-state index in [2.05, 4.69) is 23.5 Å². The Balaban J connectivity index is 2.46. The van der Waals surface area contributed by atoms with Crippen molar-refractivity contribution in [2.24, 2.45) is 0 Å². The zero-order valence-corrected chi connectivity index (χ0v) is 12.6. The van der Waals surface area contributed by atoms with Crippen molar-refractivity contribution in [2.45, 2.75) is 25.6 Å². The Kier molecular flexibility index (Phi) is 5.78. The van der Waals surface area contributed by atoms with Crippen molar-refractivity contribution in [3.8, 4) is 0 Å². The Bertz CT molecular complexity index is 483. The van der Waals surface area contributed by atoms with E-state index in [-0.39, 0.29) is 5.75 Å². The maximum atomic E-state index is 11.9. The van der Waals surface area contributed by atoms with Gasteiger partial charge in [-0.2, -0.15) is 0 Å². The van der Waals surface area contributed by atoms with Gasteiger partial charge in [-0.3, -0.25) is 0 Å². The number of rotatable bonds is 7. The second-order valence-electron chi connectivity index (χ2n) is 4.97. The lowest BCUT2D eigenvalue weighted by molar-refractivity contribution is 0.278. The van der Waals surface area contributed by atoms with E-state index in [1.54, 1.807) is 24.3 Å². The fourth-order valence-electron chi connectivity index (χ4n) is 1.52.